The highest BCUT2D eigenvalue weighted by molar-refractivity contribution is 6.30. The summed E-state index contributed by atoms with van der Waals surface area (Å²) in [6.07, 6.45) is 0.501. The van der Waals surface area contributed by atoms with Gasteiger partial charge in [0, 0.05) is 22.3 Å². The minimum absolute atomic E-state index is 0.0274. The van der Waals surface area contributed by atoms with E-state index >= 15 is 0 Å². The Morgan fingerprint density at radius 3 is 2.64 bits per heavy atom. The monoisotopic (exact) mass is 472 g/mol. The third kappa shape index (κ3) is 3.02. The molecule has 1 aromatic rings. The van der Waals surface area contributed by atoms with E-state index in [2.05, 4.69) is 6.58 Å². The Morgan fingerprint density at radius 1 is 1.24 bits per heavy atom. The molecule has 2 saturated carbocycles. The molecular weight excluding hydrogens is 448 g/mol. The summed E-state index contributed by atoms with van der Waals surface area (Å²) >= 11 is 5.94. The lowest BCUT2D eigenvalue weighted by Crippen LogP contribution is -2.70. The standard InChI is InChI=1S/C25H25ClO7/c1-12-18-21(33-22(28)14-7-9-15(26)10-8-14)25(30)11-5-4-6-16(25)24(12,3)20(27)17-19(32-18)13(2)31-23(17)29/h7-10,12,16,18,21,30H,2,4-6,11H2,1,3H3/t12-,16+,18+,21-,24-,25+/m1/s1. The molecule has 8 heteroatoms. The molecule has 0 aromatic heterocycles. The first-order chi connectivity index (χ1) is 15.6. The van der Waals surface area contributed by atoms with Crippen LogP contribution < -0.4 is 0 Å². The third-order valence-electron chi connectivity index (χ3n) is 8.06. The number of cyclic esters (lactones) is 1. The maximum absolute atomic E-state index is 13.8. The lowest BCUT2D eigenvalue weighted by molar-refractivity contribution is -0.247. The number of ether oxygens (including phenoxy) is 3. The zero-order valence-electron chi connectivity index (χ0n) is 18.4. The molecule has 1 aromatic carbocycles. The maximum atomic E-state index is 13.8. The van der Waals surface area contributed by atoms with E-state index in [1.165, 1.54) is 0 Å². The smallest absolute Gasteiger partial charge is 0.351 e. The Hall–Kier alpha value is -2.64. The van der Waals surface area contributed by atoms with E-state index in [4.69, 9.17) is 25.8 Å². The summed E-state index contributed by atoms with van der Waals surface area (Å²) in [5.41, 5.74) is -2.49. The summed E-state index contributed by atoms with van der Waals surface area (Å²) in [7, 11) is 0. The van der Waals surface area contributed by atoms with Gasteiger partial charge in [0.05, 0.1) is 5.56 Å². The van der Waals surface area contributed by atoms with Crippen LogP contribution in [0.5, 0.6) is 0 Å². The number of ketones is 1. The van der Waals surface area contributed by atoms with E-state index in [1.54, 1.807) is 31.2 Å². The van der Waals surface area contributed by atoms with Crippen LogP contribution in [-0.4, -0.2) is 40.6 Å². The third-order valence-corrected chi connectivity index (χ3v) is 8.31. The van der Waals surface area contributed by atoms with Crippen LogP contribution in [0.2, 0.25) is 5.02 Å². The van der Waals surface area contributed by atoms with Gasteiger partial charge >= 0.3 is 11.9 Å². The van der Waals surface area contributed by atoms with Gasteiger partial charge in [0.2, 0.25) is 0 Å². The normalized spacial score (nSPS) is 37.5. The van der Waals surface area contributed by atoms with Crippen molar-refractivity contribution in [1.29, 1.82) is 0 Å². The molecule has 33 heavy (non-hydrogen) atoms. The molecule has 2 heterocycles. The molecule has 6 atom stereocenters. The van der Waals surface area contributed by atoms with Crippen molar-refractivity contribution in [3.05, 3.63) is 58.5 Å². The molecule has 7 nitrogen and oxygen atoms in total. The fraction of sp³-hybridized carbons (Fsp3) is 0.480. The van der Waals surface area contributed by atoms with E-state index in [-0.39, 0.29) is 22.7 Å². The zero-order chi connectivity index (χ0) is 23.7. The Bertz CT molecular complexity index is 1110. The number of carbonyl (C=O) groups excluding carboxylic acids is 3. The summed E-state index contributed by atoms with van der Waals surface area (Å²) in [4.78, 5) is 39.4. The molecule has 0 radical (unpaired) electrons. The highest BCUT2D eigenvalue weighted by Crippen LogP contribution is 2.60. The Labute approximate surface area is 196 Å². The van der Waals surface area contributed by atoms with Gasteiger partial charge in [0.15, 0.2) is 23.4 Å². The molecule has 0 unspecified atom stereocenters. The molecule has 5 rings (SSSR count). The lowest BCUT2D eigenvalue weighted by atomic mass is 9.48. The fourth-order valence-electron chi connectivity index (χ4n) is 6.18. The minimum Gasteiger partial charge on any atom is -0.481 e. The Kier molecular flexibility index (Phi) is 4.99. The summed E-state index contributed by atoms with van der Waals surface area (Å²) in [5.74, 6) is -2.90. The van der Waals surface area contributed by atoms with Gasteiger partial charge in [-0.2, -0.15) is 0 Å². The second-order valence-electron chi connectivity index (χ2n) is 9.62. The van der Waals surface area contributed by atoms with Crippen LogP contribution in [0.3, 0.4) is 0 Å². The van der Waals surface area contributed by atoms with Gasteiger partial charge in [-0.1, -0.05) is 44.9 Å². The molecule has 2 aliphatic heterocycles. The quantitative estimate of drug-likeness (QED) is 0.517. The number of benzene rings is 1. The first-order valence-corrected chi connectivity index (χ1v) is 11.5. The van der Waals surface area contributed by atoms with Gasteiger partial charge < -0.3 is 19.3 Å². The van der Waals surface area contributed by atoms with Crippen LogP contribution in [-0.2, 0) is 23.8 Å². The molecule has 2 bridgehead atoms. The topological polar surface area (TPSA) is 99.1 Å². The van der Waals surface area contributed by atoms with Gasteiger partial charge in [-0.05, 0) is 37.1 Å². The largest absolute Gasteiger partial charge is 0.481 e. The summed E-state index contributed by atoms with van der Waals surface area (Å²) < 4.78 is 17.2. The first-order valence-electron chi connectivity index (χ1n) is 11.1. The number of aliphatic hydroxyl groups is 1. The molecule has 4 aliphatic rings. The van der Waals surface area contributed by atoms with E-state index in [1.807, 2.05) is 6.92 Å². The average Bonchev–Trinajstić information content (AvgIpc) is 3.03. The van der Waals surface area contributed by atoms with Crippen molar-refractivity contribution in [3.63, 3.8) is 0 Å². The highest BCUT2D eigenvalue weighted by Gasteiger charge is 2.70. The summed E-state index contributed by atoms with van der Waals surface area (Å²) in [6, 6.07) is 6.26. The second-order valence-corrected chi connectivity index (χ2v) is 10.1. The predicted molar refractivity (Wildman–Crippen MR) is 117 cm³/mol. The van der Waals surface area contributed by atoms with E-state index < -0.39 is 52.8 Å². The molecule has 0 spiro atoms. The van der Waals surface area contributed by atoms with Gasteiger partial charge in [-0.25, -0.2) is 9.59 Å². The van der Waals surface area contributed by atoms with Crippen LogP contribution >= 0.6 is 11.6 Å². The molecule has 2 aliphatic carbocycles. The number of carbonyl (C=O) groups is 3. The molecule has 0 amide bonds. The summed E-state index contributed by atoms with van der Waals surface area (Å²) in [6.45, 7) is 7.34. The zero-order valence-corrected chi connectivity index (χ0v) is 19.2. The van der Waals surface area contributed by atoms with E-state index in [0.717, 1.165) is 12.8 Å². The average molecular weight is 473 g/mol. The van der Waals surface area contributed by atoms with Gasteiger partial charge in [-0.3, -0.25) is 4.79 Å². The molecule has 1 N–H and O–H groups in total. The maximum Gasteiger partial charge on any atom is 0.351 e. The van der Waals surface area contributed by atoms with Crippen molar-refractivity contribution in [2.45, 2.75) is 57.3 Å². The minimum atomic E-state index is -1.49. The van der Waals surface area contributed by atoms with Crippen molar-refractivity contribution in [2.75, 3.05) is 0 Å². The first kappa shape index (κ1) is 22.2. The number of esters is 2. The van der Waals surface area contributed by atoms with Crippen molar-refractivity contribution in [3.8, 4) is 0 Å². The van der Waals surface area contributed by atoms with Crippen LogP contribution in [0.1, 0.15) is 49.9 Å². The van der Waals surface area contributed by atoms with Crippen molar-refractivity contribution in [2.24, 2.45) is 17.3 Å². The number of halogens is 1. The van der Waals surface area contributed by atoms with Crippen LogP contribution in [0.15, 0.2) is 47.9 Å². The van der Waals surface area contributed by atoms with Gasteiger partial charge in [-0.15, -0.1) is 0 Å². The van der Waals surface area contributed by atoms with Crippen LogP contribution in [0.25, 0.3) is 0 Å². The van der Waals surface area contributed by atoms with Crippen LogP contribution in [0.4, 0.5) is 0 Å². The molecule has 174 valence electrons. The molecular formula is C25H25ClO7. The van der Waals surface area contributed by atoms with E-state index in [0.29, 0.717) is 17.9 Å². The Morgan fingerprint density at radius 2 is 1.94 bits per heavy atom. The number of hydrogen-bond acceptors (Lipinski definition) is 7. The number of Topliss-reactive ketones (excluding diaryl/α,β-unsaturated/α-hetero) is 1. The van der Waals surface area contributed by atoms with E-state index in [9.17, 15) is 19.5 Å². The lowest BCUT2D eigenvalue weighted by Gasteiger charge is -2.59. The number of rotatable bonds is 2. The molecule has 2 fully saturated rings. The van der Waals surface area contributed by atoms with Crippen molar-refractivity contribution < 1.29 is 33.7 Å². The van der Waals surface area contributed by atoms with Gasteiger partial charge in [0.1, 0.15) is 17.3 Å². The Balaban J connectivity index is 1.62. The SMILES string of the molecule is C=C1OC(=O)C2=C1O[C@@H]1[C@@H](OC(=O)c3ccc(Cl)cc3)[C@]3(O)CCCC[C@H]3[C@](C)(C2=O)[C@@H]1C. The second kappa shape index (κ2) is 7.43. The molecule has 0 saturated heterocycles. The predicted octanol–water partition coefficient (Wildman–Crippen LogP) is 3.74. The van der Waals surface area contributed by atoms with Crippen molar-refractivity contribution >= 4 is 29.3 Å². The number of fused-ring (bicyclic) bond motifs is 4. The summed E-state index contributed by atoms with van der Waals surface area (Å²) in [5, 5.41) is 12.5. The van der Waals surface area contributed by atoms with Crippen LogP contribution in [0, 0.1) is 17.3 Å². The highest BCUT2D eigenvalue weighted by atomic mass is 35.5. The number of hydrogen-bond donors (Lipinski definition) is 1. The fourth-order valence-corrected chi connectivity index (χ4v) is 6.31. The van der Waals surface area contributed by atoms with Gasteiger partial charge in [0.25, 0.3) is 0 Å². The van der Waals surface area contributed by atoms with Crippen molar-refractivity contribution in [1.82, 2.24) is 0 Å².